The standard InChI is InChI=1S/C21H21BrN4O/c1-12(2)11-26-13(3)7-15(14(26)4)8-16(10-23)20-24-19-6-5-17(22)9-18(19)21(27)25-20/h5-9,12H,11H2,1-4H3,(H,24,25,27)/b16-8-. The molecule has 0 saturated carbocycles. The number of aromatic amines is 1. The number of nitrogens with one attached hydrogen (secondary N) is 1. The van der Waals surface area contributed by atoms with Gasteiger partial charge in [-0.3, -0.25) is 4.79 Å². The normalized spacial score (nSPS) is 12.0. The van der Waals surface area contributed by atoms with Crippen molar-refractivity contribution in [2.45, 2.75) is 34.2 Å². The van der Waals surface area contributed by atoms with Crippen molar-refractivity contribution >= 4 is 38.5 Å². The smallest absolute Gasteiger partial charge is 0.259 e. The summed E-state index contributed by atoms with van der Waals surface area (Å²) >= 11 is 3.36. The maximum atomic E-state index is 12.4. The van der Waals surface area contributed by atoms with Gasteiger partial charge < -0.3 is 9.55 Å². The average molecular weight is 425 g/mol. The minimum Gasteiger partial charge on any atom is -0.348 e. The van der Waals surface area contributed by atoms with Gasteiger partial charge in [0, 0.05) is 22.4 Å². The van der Waals surface area contributed by atoms with Crippen LogP contribution < -0.4 is 5.56 Å². The molecule has 6 heteroatoms. The monoisotopic (exact) mass is 424 g/mol. The summed E-state index contributed by atoms with van der Waals surface area (Å²) in [6, 6.07) is 9.55. The number of benzene rings is 1. The molecule has 0 aliphatic rings. The third-order valence-electron chi connectivity index (χ3n) is 4.50. The van der Waals surface area contributed by atoms with E-state index in [-0.39, 0.29) is 11.4 Å². The Morgan fingerprint density at radius 3 is 2.78 bits per heavy atom. The van der Waals surface area contributed by atoms with Crippen molar-refractivity contribution in [3.63, 3.8) is 0 Å². The van der Waals surface area contributed by atoms with Gasteiger partial charge >= 0.3 is 0 Å². The predicted molar refractivity (Wildman–Crippen MR) is 112 cm³/mol. The summed E-state index contributed by atoms with van der Waals surface area (Å²) in [5.74, 6) is 0.811. The Bertz CT molecular complexity index is 1150. The Morgan fingerprint density at radius 2 is 2.11 bits per heavy atom. The number of H-pyrrole nitrogens is 1. The molecule has 27 heavy (non-hydrogen) atoms. The maximum absolute atomic E-state index is 12.4. The van der Waals surface area contributed by atoms with E-state index in [1.165, 1.54) is 0 Å². The van der Waals surface area contributed by atoms with Gasteiger partial charge in [0.1, 0.15) is 6.07 Å². The van der Waals surface area contributed by atoms with Gasteiger partial charge in [-0.2, -0.15) is 5.26 Å². The van der Waals surface area contributed by atoms with Gasteiger partial charge in [-0.1, -0.05) is 29.8 Å². The highest BCUT2D eigenvalue weighted by atomic mass is 79.9. The fourth-order valence-electron chi connectivity index (χ4n) is 3.17. The SMILES string of the molecule is Cc1cc(/C=C(/C#N)c2nc3ccc(Br)cc3c(=O)[nH]2)c(C)n1CC(C)C. The molecule has 2 heterocycles. The average Bonchev–Trinajstić information content (AvgIpc) is 2.87. The van der Waals surface area contributed by atoms with E-state index in [1.54, 1.807) is 18.2 Å². The summed E-state index contributed by atoms with van der Waals surface area (Å²) in [7, 11) is 0. The molecule has 0 aliphatic heterocycles. The highest BCUT2D eigenvalue weighted by Gasteiger charge is 2.13. The van der Waals surface area contributed by atoms with Crippen LogP contribution in [0.25, 0.3) is 22.6 Å². The van der Waals surface area contributed by atoms with E-state index >= 15 is 0 Å². The van der Waals surface area contributed by atoms with Crippen LogP contribution in [0.2, 0.25) is 0 Å². The third kappa shape index (κ3) is 3.88. The van der Waals surface area contributed by atoms with Crippen LogP contribution >= 0.6 is 15.9 Å². The van der Waals surface area contributed by atoms with Crippen LogP contribution in [0.1, 0.15) is 36.6 Å². The minimum absolute atomic E-state index is 0.261. The second-order valence-electron chi connectivity index (χ2n) is 7.08. The zero-order valence-electron chi connectivity index (χ0n) is 15.8. The van der Waals surface area contributed by atoms with Gasteiger partial charge in [0.2, 0.25) is 0 Å². The number of rotatable bonds is 4. The van der Waals surface area contributed by atoms with Crippen LogP contribution in [0.3, 0.4) is 0 Å². The number of nitriles is 1. The highest BCUT2D eigenvalue weighted by Crippen LogP contribution is 2.23. The molecule has 0 amide bonds. The van der Waals surface area contributed by atoms with E-state index in [0.29, 0.717) is 22.4 Å². The van der Waals surface area contributed by atoms with E-state index in [9.17, 15) is 10.1 Å². The Balaban J connectivity index is 2.11. The second kappa shape index (κ2) is 7.53. The minimum atomic E-state index is -0.261. The molecule has 0 aliphatic carbocycles. The first-order chi connectivity index (χ1) is 12.8. The quantitative estimate of drug-likeness (QED) is 0.609. The van der Waals surface area contributed by atoms with Crippen LogP contribution in [0.5, 0.6) is 0 Å². The van der Waals surface area contributed by atoms with E-state index in [0.717, 1.165) is 28.0 Å². The van der Waals surface area contributed by atoms with Crippen molar-refractivity contribution in [2.24, 2.45) is 5.92 Å². The summed E-state index contributed by atoms with van der Waals surface area (Å²) in [5.41, 5.74) is 3.84. The molecule has 3 rings (SSSR count). The van der Waals surface area contributed by atoms with E-state index in [4.69, 9.17) is 0 Å². The summed E-state index contributed by atoms with van der Waals surface area (Å²) in [4.78, 5) is 19.6. The molecule has 0 atom stereocenters. The van der Waals surface area contributed by atoms with Crippen molar-refractivity contribution in [1.29, 1.82) is 5.26 Å². The topological polar surface area (TPSA) is 74.5 Å². The van der Waals surface area contributed by atoms with Gasteiger partial charge in [-0.25, -0.2) is 4.98 Å². The lowest BCUT2D eigenvalue weighted by molar-refractivity contribution is 0.509. The second-order valence-corrected chi connectivity index (χ2v) is 7.99. The van der Waals surface area contributed by atoms with Crippen LogP contribution in [-0.4, -0.2) is 14.5 Å². The van der Waals surface area contributed by atoms with Gasteiger partial charge in [0.25, 0.3) is 5.56 Å². The first-order valence-corrected chi connectivity index (χ1v) is 9.58. The predicted octanol–water partition coefficient (Wildman–Crippen LogP) is 4.82. The Morgan fingerprint density at radius 1 is 1.37 bits per heavy atom. The number of allylic oxidation sites excluding steroid dienone is 1. The van der Waals surface area contributed by atoms with Gasteiger partial charge in [-0.15, -0.1) is 0 Å². The number of hydrogen-bond acceptors (Lipinski definition) is 3. The lowest BCUT2D eigenvalue weighted by Gasteiger charge is -2.12. The highest BCUT2D eigenvalue weighted by molar-refractivity contribution is 9.10. The fraction of sp³-hybridized carbons (Fsp3) is 0.286. The Hall–Kier alpha value is -2.65. The van der Waals surface area contributed by atoms with Gasteiger partial charge in [0.15, 0.2) is 5.82 Å². The molecule has 138 valence electrons. The lowest BCUT2D eigenvalue weighted by Crippen LogP contribution is -2.11. The molecule has 2 aromatic heterocycles. The zero-order chi connectivity index (χ0) is 19.7. The molecular weight excluding hydrogens is 404 g/mol. The first-order valence-electron chi connectivity index (χ1n) is 8.78. The van der Waals surface area contributed by atoms with E-state index in [2.05, 4.69) is 63.4 Å². The largest absolute Gasteiger partial charge is 0.348 e. The van der Waals surface area contributed by atoms with Crippen molar-refractivity contribution < 1.29 is 0 Å². The number of aromatic nitrogens is 3. The summed E-state index contributed by atoms with van der Waals surface area (Å²) in [6.07, 6.45) is 1.79. The maximum Gasteiger partial charge on any atom is 0.259 e. The van der Waals surface area contributed by atoms with E-state index in [1.807, 2.05) is 13.0 Å². The Labute approximate surface area is 166 Å². The van der Waals surface area contributed by atoms with Crippen LogP contribution in [0.4, 0.5) is 0 Å². The molecule has 3 aromatic rings. The third-order valence-corrected chi connectivity index (χ3v) is 5.00. The molecule has 5 nitrogen and oxygen atoms in total. The molecule has 0 radical (unpaired) electrons. The fourth-order valence-corrected chi connectivity index (χ4v) is 3.53. The number of fused-ring (bicyclic) bond motifs is 1. The van der Waals surface area contributed by atoms with E-state index < -0.39 is 0 Å². The number of halogens is 1. The molecular formula is C21H21BrN4O. The number of nitrogens with zero attached hydrogens (tertiary/aromatic N) is 3. The molecule has 1 aromatic carbocycles. The first kappa shape index (κ1) is 19.1. The molecule has 0 unspecified atom stereocenters. The lowest BCUT2D eigenvalue weighted by atomic mass is 10.1. The van der Waals surface area contributed by atoms with Gasteiger partial charge in [-0.05, 0) is 55.7 Å². The summed E-state index contributed by atoms with van der Waals surface area (Å²) in [5, 5.41) is 10.2. The van der Waals surface area contributed by atoms with Crippen LogP contribution in [0, 0.1) is 31.1 Å². The van der Waals surface area contributed by atoms with Gasteiger partial charge in [0.05, 0.1) is 16.5 Å². The number of aryl methyl sites for hydroxylation is 1. The molecule has 1 N–H and O–H groups in total. The van der Waals surface area contributed by atoms with Crippen molar-refractivity contribution in [1.82, 2.24) is 14.5 Å². The van der Waals surface area contributed by atoms with Crippen LogP contribution in [-0.2, 0) is 6.54 Å². The van der Waals surface area contributed by atoms with Crippen molar-refractivity contribution in [2.75, 3.05) is 0 Å². The molecule has 0 bridgehead atoms. The van der Waals surface area contributed by atoms with Crippen LogP contribution in [0.15, 0.2) is 33.5 Å². The summed E-state index contributed by atoms with van der Waals surface area (Å²) in [6.45, 7) is 9.39. The Kier molecular flexibility index (Phi) is 5.33. The molecule has 0 spiro atoms. The van der Waals surface area contributed by atoms with Crippen molar-refractivity contribution in [3.8, 4) is 6.07 Å². The molecule has 0 saturated heterocycles. The number of hydrogen-bond donors (Lipinski definition) is 1. The van der Waals surface area contributed by atoms with Crippen molar-refractivity contribution in [3.05, 3.63) is 61.9 Å². The zero-order valence-corrected chi connectivity index (χ0v) is 17.4. The summed E-state index contributed by atoms with van der Waals surface area (Å²) < 4.78 is 3.06. The molecule has 0 fully saturated rings.